The summed E-state index contributed by atoms with van der Waals surface area (Å²) in [4.78, 5) is 15.4. The molecular formula is C8H6N2O2S. The summed E-state index contributed by atoms with van der Waals surface area (Å²) in [6.07, 6.45) is 3.35. The molecule has 1 amide bonds. The standard InChI is InChI=1S/C8H6N2O2S/c11-8(10-12)7-3-5-4-9-2-1-6(5)13-7/h1-4,12H,(H,10,11). The molecule has 0 unspecified atom stereocenters. The molecule has 0 radical (unpaired) electrons. The average Bonchev–Trinajstić information content (AvgIpc) is 2.59. The predicted octanol–water partition coefficient (Wildman–Crippen LogP) is 1.42. The van der Waals surface area contributed by atoms with Crippen molar-refractivity contribution in [3.05, 3.63) is 29.4 Å². The van der Waals surface area contributed by atoms with E-state index in [9.17, 15) is 4.79 Å². The van der Waals surface area contributed by atoms with E-state index in [1.165, 1.54) is 11.3 Å². The molecule has 0 spiro atoms. The molecule has 2 aromatic rings. The van der Waals surface area contributed by atoms with Crippen molar-refractivity contribution in [2.45, 2.75) is 0 Å². The van der Waals surface area contributed by atoms with Gasteiger partial charge < -0.3 is 0 Å². The number of hydroxylamine groups is 1. The summed E-state index contributed by atoms with van der Waals surface area (Å²) in [5, 5.41) is 9.31. The van der Waals surface area contributed by atoms with Crippen LogP contribution >= 0.6 is 11.3 Å². The highest BCUT2D eigenvalue weighted by molar-refractivity contribution is 7.20. The number of nitrogens with zero attached hydrogens (tertiary/aromatic N) is 1. The van der Waals surface area contributed by atoms with Crippen LogP contribution < -0.4 is 5.48 Å². The van der Waals surface area contributed by atoms with Crippen molar-refractivity contribution in [3.63, 3.8) is 0 Å². The molecule has 4 nitrogen and oxygen atoms in total. The second kappa shape index (κ2) is 3.12. The molecule has 2 aromatic heterocycles. The molecule has 0 aliphatic rings. The van der Waals surface area contributed by atoms with Crippen molar-refractivity contribution < 1.29 is 10.0 Å². The third kappa shape index (κ3) is 1.39. The van der Waals surface area contributed by atoms with Gasteiger partial charge in [-0.05, 0) is 12.1 Å². The molecule has 2 heterocycles. The molecule has 0 saturated heterocycles. The zero-order chi connectivity index (χ0) is 9.26. The highest BCUT2D eigenvalue weighted by atomic mass is 32.1. The summed E-state index contributed by atoms with van der Waals surface area (Å²) in [7, 11) is 0. The molecule has 0 saturated carbocycles. The highest BCUT2D eigenvalue weighted by Gasteiger charge is 2.08. The molecular weight excluding hydrogens is 188 g/mol. The Bertz CT molecular complexity index is 419. The summed E-state index contributed by atoms with van der Waals surface area (Å²) < 4.78 is 0.980. The zero-order valence-corrected chi connectivity index (χ0v) is 7.34. The molecule has 5 heteroatoms. The molecule has 0 aliphatic carbocycles. The Morgan fingerprint density at radius 3 is 3.15 bits per heavy atom. The van der Waals surface area contributed by atoms with Gasteiger partial charge in [0.2, 0.25) is 0 Å². The predicted molar refractivity (Wildman–Crippen MR) is 48.9 cm³/mol. The lowest BCUT2D eigenvalue weighted by molar-refractivity contribution is 0.0711. The van der Waals surface area contributed by atoms with Gasteiger partial charge in [-0.1, -0.05) is 0 Å². The first-order valence-corrected chi connectivity index (χ1v) is 4.41. The fraction of sp³-hybridized carbons (Fsp3) is 0. The minimum atomic E-state index is -0.485. The number of carbonyl (C=O) groups excluding carboxylic acids is 1. The van der Waals surface area contributed by atoms with Crippen LogP contribution in [-0.4, -0.2) is 16.1 Å². The Morgan fingerprint density at radius 1 is 1.62 bits per heavy atom. The number of aromatic nitrogens is 1. The third-order valence-corrected chi connectivity index (χ3v) is 2.76. The number of carbonyl (C=O) groups is 1. The molecule has 0 aliphatic heterocycles. The van der Waals surface area contributed by atoms with Crippen LogP contribution in [0.1, 0.15) is 9.67 Å². The first kappa shape index (κ1) is 8.15. The SMILES string of the molecule is O=C(NO)c1cc2cnccc2s1. The van der Waals surface area contributed by atoms with E-state index < -0.39 is 5.91 Å². The number of hydrogen-bond acceptors (Lipinski definition) is 4. The molecule has 0 aromatic carbocycles. The number of fused-ring (bicyclic) bond motifs is 1. The van der Waals surface area contributed by atoms with Crippen molar-refractivity contribution in [3.8, 4) is 0 Å². The maximum Gasteiger partial charge on any atom is 0.284 e. The Kier molecular flexibility index (Phi) is 1.96. The van der Waals surface area contributed by atoms with Crippen LogP contribution in [0.3, 0.4) is 0 Å². The van der Waals surface area contributed by atoms with Crippen LogP contribution in [-0.2, 0) is 0 Å². The van der Waals surface area contributed by atoms with Crippen LogP contribution in [0, 0.1) is 0 Å². The van der Waals surface area contributed by atoms with Crippen LogP contribution in [0.5, 0.6) is 0 Å². The lowest BCUT2D eigenvalue weighted by Gasteiger charge is -1.89. The van der Waals surface area contributed by atoms with Gasteiger partial charge in [0, 0.05) is 22.5 Å². The van der Waals surface area contributed by atoms with E-state index in [1.807, 2.05) is 6.07 Å². The summed E-state index contributed by atoms with van der Waals surface area (Å²) in [6, 6.07) is 3.52. The first-order chi connectivity index (χ1) is 6.31. The van der Waals surface area contributed by atoms with Crippen molar-refractivity contribution in [2.75, 3.05) is 0 Å². The topological polar surface area (TPSA) is 62.2 Å². The van der Waals surface area contributed by atoms with Crippen LogP contribution in [0.4, 0.5) is 0 Å². The minimum Gasteiger partial charge on any atom is -0.288 e. The van der Waals surface area contributed by atoms with Gasteiger partial charge in [0.25, 0.3) is 5.91 Å². The van der Waals surface area contributed by atoms with Crippen LogP contribution in [0.2, 0.25) is 0 Å². The van der Waals surface area contributed by atoms with E-state index in [-0.39, 0.29) is 0 Å². The number of amides is 1. The van der Waals surface area contributed by atoms with Crippen LogP contribution in [0.15, 0.2) is 24.5 Å². The monoisotopic (exact) mass is 194 g/mol. The second-order valence-corrected chi connectivity index (χ2v) is 3.55. The number of hydrogen-bond donors (Lipinski definition) is 2. The summed E-state index contributed by atoms with van der Waals surface area (Å²) >= 11 is 1.32. The van der Waals surface area contributed by atoms with Crippen LogP contribution in [0.25, 0.3) is 10.1 Å². The number of pyridine rings is 1. The van der Waals surface area contributed by atoms with Crippen molar-refractivity contribution >= 4 is 27.3 Å². The van der Waals surface area contributed by atoms with Crippen molar-refractivity contribution in [2.24, 2.45) is 0 Å². The van der Waals surface area contributed by atoms with Gasteiger partial charge in [0.15, 0.2) is 0 Å². The molecule has 66 valence electrons. The third-order valence-electron chi connectivity index (χ3n) is 1.64. The van der Waals surface area contributed by atoms with Gasteiger partial charge in [-0.15, -0.1) is 11.3 Å². The van der Waals surface area contributed by atoms with E-state index in [2.05, 4.69) is 4.98 Å². The largest absolute Gasteiger partial charge is 0.288 e. The van der Waals surface area contributed by atoms with Gasteiger partial charge >= 0.3 is 0 Å². The van der Waals surface area contributed by atoms with E-state index in [0.717, 1.165) is 10.1 Å². The van der Waals surface area contributed by atoms with Crippen molar-refractivity contribution in [1.29, 1.82) is 0 Å². The Morgan fingerprint density at radius 2 is 2.46 bits per heavy atom. The Hall–Kier alpha value is -1.46. The van der Waals surface area contributed by atoms with E-state index in [4.69, 9.17) is 5.21 Å². The minimum absolute atomic E-state index is 0.477. The van der Waals surface area contributed by atoms with E-state index >= 15 is 0 Å². The smallest absolute Gasteiger partial charge is 0.284 e. The molecule has 0 atom stereocenters. The summed E-state index contributed by atoms with van der Waals surface area (Å²) in [6.45, 7) is 0. The van der Waals surface area contributed by atoms with Gasteiger partial charge in [0.1, 0.15) is 0 Å². The second-order valence-electron chi connectivity index (χ2n) is 2.47. The zero-order valence-electron chi connectivity index (χ0n) is 6.52. The van der Waals surface area contributed by atoms with Gasteiger partial charge in [-0.25, -0.2) is 5.48 Å². The quantitative estimate of drug-likeness (QED) is 0.533. The lowest BCUT2D eigenvalue weighted by Crippen LogP contribution is -2.16. The number of rotatable bonds is 1. The Labute approximate surface area is 77.8 Å². The summed E-state index contributed by atoms with van der Waals surface area (Å²) in [5.74, 6) is -0.485. The lowest BCUT2D eigenvalue weighted by atomic mass is 10.3. The molecule has 13 heavy (non-hydrogen) atoms. The van der Waals surface area contributed by atoms with Crippen molar-refractivity contribution in [1.82, 2.24) is 10.5 Å². The Balaban J connectivity index is 2.56. The molecule has 2 rings (SSSR count). The van der Waals surface area contributed by atoms with Gasteiger partial charge in [-0.2, -0.15) is 0 Å². The maximum atomic E-state index is 11.0. The van der Waals surface area contributed by atoms with E-state index in [1.54, 1.807) is 23.9 Å². The van der Waals surface area contributed by atoms with Gasteiger partial charge in [0.05, 0.1) is 4.88 Å². The average molecular weight is 194 g/mol. The highest BCUT2D eigenvalue weighted by Crippen LogP contribution is 2.23. The van der Waals surface area contributed by atoms with Gasteiger partial charge in [-0.3, -0.25) is 15.0 Å². The molecule has 0 fully saturated rings. The fourth-order valence-corrected chi connectivity index (χ4v) is 1.97. The normalized spacial score (nSPS) is 10.2. The summed E-state index contributed by atoms with van der Waals surface area (Å²) in [5.41, 5.74) is 1.59. The maximum absolute atomic E-state index is 11.0. The fourth-order valence-electron chi connectivity index (χ4n) is 1.05. The molecule has 0 bridgehead atoms. The van der Waals surface area contributed by atoms with E-state index in [0.29, 0.717) is 4.88 Å². The molecule has 2 N–H and O–H groups in total. The number of nitrogens with one attached hydrogen (secondary N) is 1. The number of thiophene rings is 1. The first-order valence-electron chi connectivity index (χ1n) is 3.59.